The third-order valence-electron chi connectivity index (χ3n) is 3.16. The van der Waals surface area contributed by atoms with Crippen molar-refractivity contribution < 1.29 is 9.59 Å². The highest BCUT2D eigenvalue weighted by Gasteiger charge is 2.04. The Kier molecular flexibility index (Phi) is 5.68. The molecule has 0 saturated carbocycles. The first-order chi connectivity index (χ1) is 10.7. The maximum Gasteiger partial charge on any atom is 0.251 e. The Morgan fingerprint density at radius 3 is 2.14 bits per heavy atom. The fraction of sp³-hybridized carbons (Fsp3) is 0.176. The van der Waals surface area contributed by atoms with Gasteiger partial charge in [-0.1, -0.05) is 42.5 Å². The van der Waals surface area contributed by atoms with Crippen molar-refractivity contribution >= 4 is 11.8 Å². The molecule has 2 rings (SSSR count). The first-order valence-electron chi connectivity index (χ1n) is 7.07. The lowest BCUT2D eigenvalue weighted by Gasteiger charge is -2.08. The zero-order chi connectivity index (χ0) is 15.8. The Bertz CT molecular complexity index is 641. The molecule has 0 fully saturated rings. The molecule has 0 spiro atoms. The number of amides is 2. The number of hydrogen-bond acceptors (Lipinski definition) is 3. The third kappa shape index (κ3) is 4.71. The molecule has 2 amide bonds. The number of nitrogens with two attached hydrogens (primary N) is 1. The van der Waals surface area contributed by atoms with Crippen LogP contribution in [0.15, 0.2) is 54.6 Å². The minimum absolute atomic E-state index is 0.0210. The molecule has 5 heteroatoms. The summed E-state index contributed by atoms with van der Waals surface area (Å²) in [5, 5.41) is 5.59. The zero-order valence-corrected chi connectivity index (χ0v) is 12.2. The van der Waals surface area contributed by atoms with Crippen LogP contribution in [-0.2, 0) is 17.9 Å². The van der Waals surface area contributed by atoms with E-state index in [-0.39, 0.29) is 18.4 Å². The predicted octanol–water partition coefficient (Wildman–Crippen LogP) is 1.19. The van der Waals surface area contributed by atoms with Crippen LogP contribution in [0.5, 0.6) is 0 Å². The van der Waals surface area contributed by atoms with E-state index in [1.165, 1.54) is 0 Å². The highest BCUT2D eigenvalue weighted by molar-refractivity contribution is 5.94. The summed E-state index contributed by atoms with van der Waals surface area (Å²) in [6.07, 6.45) is 0. The standard InChI is InChI=1S/C17H19N3O2/c18-10-16(21)19-11-13-5-4-6-14(9-13)12-20-17(22)15-7-2-1-3-8-15/h1-9H,10-12,18H2,(H,19,21)(H,20,22). The van der Waals surface area contributed by atoms with Crippen LogP contribution in [0.1, 0.15) is 21.5 Å². The molecule has 0 atom stereocenters. The van der Waals surface area contributed by atoms with Crippen molar-refractivity contribution in [1.29, 1.82) is 0 Å². The smallest absolute Gasteiger partial charge is 0.251 e. The van der Waals surface area contributed by atoms with Crippen LogP contribution in [0, 0.1) is 0 Å². The van der Waals surface area contributed by atoms with Crippen LogP contribution in [0.4, 0.5) is 0 Å². The van der Waals surface area contributed by atoms with Crippen molar-refractivity contribution in [2.24, 2.45) is 5.73 Å². The highest BCUT2D eigenvalue weighted by atomic mass is 16.2. The summed E-state index contributed by atoms with van der Waals surface area (Å²) in [5.74, 6) is -0.301. The normalized spacial score (nSPS) is 10.0. The van der Waals surface area contributed by atoms with E-state index in [0.29, 0.717) is 18.7 Å². The Morgan fingerprint density at radius 2 is 1.50 bits per heavy atom. The van der Waals surface area contributed by atoms with Crippen molar-refractivity contribution in [3.63, 3.8) is 0 Å². The second kappa shape index (κ2) is 7.95. The second-order valence-electron chi connectivity index (χ2n) is 4.85. The maximum absolute atomic E-state index is 12.0. The summed E-state index contributed by atoms with van der Waals surface area (Å²) in [5.41, 5.74) is 7.82. The molecule has 0 bridgehead atoms. The van der Waals surface area contributed by atoms with E-state index in [9.17, 15) is 9.59 Å². The molecule has 0 unspecified atom stereocenters. The lowest BCUT2D eigenvalue weighted by atomic mass is 10.1. The molecule has 2 aromatic carbocycles. The molecule has 0 aliphatic rings. The van der Waals surface area contributed by atoms with Gasteiger partial charge in [-0.3, -0.25) is 9.59 Å². The zero-order valence-electron chi connectivity index (χ0n) is 12.2. The van der Waals surface area contributed by atoms with E-state index in [0.717, 1.165) is 11.1 Å². The van der Waals surface area contributed by atoms with Gasteiger partial charge in [0.25, 0.3) is 5.91 Å². The van der Waals surface area contributed by atoms with E-state index >= 15 is 0 Å². The number of hydrogen-bond donors (Lipinski definition) is 3. The summed E-state index contributed by atoms with van der Waals surface area (Å²) >= 11 is 0. The molecule has 0 saturated heterocycles. The fourth-order valence-electron chi connectivity index (χ4n) is 2.00. The number of carbonyl (C=O) groups excluding carboxylic acids is 2. The molecule has 0 aliphatic carbocycles. The molecule has 0 radical (unpaired) electrons. The van der Waals surface area contributed by atoms with Gasteiger partial charge < -0.3 is 16.4 Å². The molecule has 2 aromatic rings. The van der Waals surface area contributed by atoms with Gasteiger partial charge in [0.15, 0.2) is 0 Å². The van der Waals surface area contributed by atoms with Crippen LogP contribution >= 0.6 is 0 Å². The summed E-state index contributed by atoms with van der Waals surface area (Å²) in [7, 11) is 0. The molecule has 0 aliphatic heterocycles. The number of rotatable bonds is 6. The largest absolute Gasteiger partial charge is 0.351 e. The minimum atomic E-state index is -0.192. The topological polar surface area (TPSA) is 84.2 Å². The quantitative estimate of drug-likeness (QED) is 0.749. The highest BCUT2D eigenvalue weighted by Crippen LogP contribution is 2.06. The predicted molar refractivity (Wildman–Crippen MR) is 85.0 cm³/mol. The summed E-state index contributed by atoms with van der Waals surface area (Å²) < 4.78 is 0. The van der Waals surface area contributed by atoms with Crippen LogP contribution in [-0.4, -0.2) is 18.4 Å². The van der Waals surface area contributed by atoms with Gasteiger partial charge in [0.1, 0.15) is 0 Å². The van der Waals surface area contributed by atoms with Gasteiger partial charge in [0.05, 0.1) is 6.54 Å². The van der Waals surface area contributed by atoms with Gasteiger partial charge >= 0.3 is 0 Å². The molecule has 114 valence electrons. The number of carbonyl (C=O) groups is 2. The second-order valence-corrected chi connectivity index (χ2v) is 4.85. The van der Waals surface area contributed by atoms with E-state index in [4.69, 9.17) is 5.73 Å². The van der Waals surface area contributed by atoms with Crippen molar-refractivity contribution in [2.75, 3.05) is 6.54 Å². The van der Waals surface area contributed by atoms with Crippen LogP contribution in [0.25, 0.3) is 0 Å². The van der Waals surface area contributed by atoms with Crippen LogP contribution in [0.3, 0.4) is 0 Å². The Morgan fingerprint density at radius 1 is 0.864 bits per heavy atom. The van der Waals surface area contributed by atoms with Crippen LogP contribution < -0.4 is 16.4 Å². The van der Waals surface area contributed by atoms with E-state index in [1.54, 1.807) is 12.1 Å². The average molecular weight is 297 g/mol. The van der Waals surface area contributed by atoms with Gasteiger partial charge in [-0.05, 0) is 23.3 Å². The lowest BCUT2D eigenvalue weighted by Crippen LogP contribution is -2.29. The van der Waals surface area contributed by atoms with Crippen molar-refractivity contribution in [3.05, 3.63) is 71.3 Å². The van der Waals surface area contributed by atoms with Crippen molar-refractivity contribution in [3.8, 4) is 0 Å². The van der Waals surface area contributed by atoms with Crippen molar-refractivity contribution in [1.82, 2.24) is 10.6 Å². The SMILES string of the molecule is NCC(=O)NCc1cccc(CNC(=O)c2ccccc2)c1. The number of nitrogens with one attached hydrogen (secondary N) is 2. The molecular weight excluding hydrogens is 278 g/mol. The molecular formula is C17H19N3O2. The Balaban J connectivity index is 1.90. The summed E-state index contributed by atoms with van der Waals surface area (Å²) in [6.45, 7) is 0.843. The molecule has 0 heterocycles. The Labute approximate surface area is 129 Å². The van der Waals surface area contributed by atoms with Crippen LogP contribution in [0.2, 0.25) is 0 Å². The van der Waals surface area contributed by atoms with Gasteiger partial charge in [-0.25, -0.2) is 0 Å². The van der Waals surface area contributed by atoms with Gasteiger partial charge in [0.2, 0.25) is 5.91 Å². The number of benzene rings is 2. The third-order valence-corrected chi connectivity index (χ3v) is 3.16. The molecule has 0 aromatic heterocycles. The summed E-state index contributed by atoms with van der Waals surface area (Å²) in [6, 6.07) is 16.8. The average Bonchev–Trinajstić information content (AvgIpc) is 2.58. The molecule has 22 heavy (non-hydrogen) atoms. The Hall–Kier alpha value is -2.66. The molecule has 4 N–H and O–H groups in total. The van der Waals surface area contributed by atoms with Gasteiger partial charge in [-0.15, -0.1) is 0 Å². The van der Waals surface area contributed by atoms with Gasteiger partial charge in [0, 0.05) is 18.7 Å². The monoisotopic (exact) mass is 297 g/mol. The van der Waals surface area contributed by atoms with E-state index in [1.807, 2.05) is 42.5 Å². The van der Waals surface area contributed by atoms with E-state index < -0.39 is 0 Å². The minimum Gasteiger partial charge on any atom is -0.351 e. The maximum atomic E-state index is 12.0. The lowest BCUT2D eigenvalue weighted by molar-refractivity contribution is -0.119. The fourth-order valence-corrected chi connectivity index (χ4v) is 2.00. The summed E-state index contributed by atoms with van der Waals surface area (Å²) in [4.78, 5) is 23.1. The first-order valence-corrected chi connectivity index (χ1v) is 7.07. The van der Waals surface area contributed by atoms with Gasteiger partial charge in [-0.2, -0.15) is 0 Å². The first kappa shape index (κ1) is 15.7. The van der Waals surface area contributed by atoms with Crippen molar-refractivity contribution in [2.45, 2.75) is 13.1 Å². The molecule has 5 nitrogen and oxygen atoms in total. The van der Waals surface area contributed by atoms with E-state index in [2.05, 4.69) is 10.6 Å².